The van der Waals surface area contributed by atoms with Gasteiger partial charge in [0.15, 0.2) is 6.23 Å². The van der Waals surface area contributed by atoms with Crippen molar-refractivity contribution < 1.29 is 37.5 Å². The number of methoxy groups -OCH3 is 2. The average Bonchev–Trinajstić information content (AvgIpc) is 3.79. The molecule has 424 valence electrons. The molecule has 77 heavy (non-hydrogen) atoms. The summed E-state index contributed by atoms with van der Waals surface area (Å²) in [6.45, 7) is 11.5. The van der Waals surface area contributed by atoms with E-state index in [9.17, 15) is 19.6 Å². The summed E-state index contributed by atoms with van der Waals surface area (Å²) in [6, 6.07) is 28.9. The van der Waals surface area contributed by atoms with Crippen LogP contribution in [0.2, 0.25) is 0 Å². The maximum Gasteiger partial charge on any atom is 0.330 e. The molecule has 2 N–H and O–H groups in total. The highest BCUT2D eigenvalue weighted by Crippen LogP contribution is 2.51. The molecule has 0 saturated carbocycles. The Bertz CT molecular complexity index is 2360. The highest BCUT2D eigenvalue weighted by molar-refractivity contribution is 7.44. The molecule has 0 bridgehead atoms. The van der Waals surface area contributed by atoms with E-state index < -0.39 is 49.9 Å². The van der Waals surface area contributed by atoms with Gasteiger partial charge in [-0.25, -0.2) is 9.46 Å². The number of carbonyl (C=O) groups excluding carboxylic acids is 1. The lowest BCUT2D eigenvalue weighted by Crippen LogP contribution is -2.43. The fourth-order valence-corrected chi connectivity index (χ4v) is 11.9. The van der Waals surface area contributed by atoms with E-state index in [1.54, 1.807) is 14.2 Å². The van der Waals surface area contributed by atoms with E-state index in [0.29, 0.717) is 37.5 Å². The van der Waals surface area contributed by atoms with Crippen molar-refractivity contribution in [3.8, 4) is 17.6 Å². The molecule has 4 aromatic rings. The van der Waals surface area contributed by atoms with Gasteiger partial charge in [0, 0.05) is 43.9 Å². The summed E-state index contributed by atoms with van der Waals surface area (Å²) in [4.78, 5) is 41.3. The first-order chi connectivity index (χ1) is 37.5. The molecule has 2 heterocycles. The summed E-state index contributed by atoms with van der Waals surface area (Å²) >= 11 is 0. The Hall–Kier alpha value is -4.91. The zero-order valence-electron chi connectivity index (χ0n) is 47.3. The number of nitriles is 1. The van der Waals surface area contributed by atoms with Crippen LogP contribution in [-0.4, -0.2) is 91.1 Å². The van der Waals surface area contributed by atoms with E-state index in [2.05, 4.69) is 55.7 Å². The molecular weight excluding hydrogens is 994 g/mol. The van der Waals surface area contributed by atoms with Crippen LogP contribution in [0.1, 0.15) is 180 Å². The zero-order chi connectivity index (χ0) is 55.3. The van der Waals surface area contributed by atoms with Crippen molar-refractivity contribution in [3.05, 3.63) is 129 Å². The van der Waals surface area contributed by atoms with Gasteiger partial charge in [0.25, 0.3) is 14.1 Å². The Morgan fingerprint density at radius 2 is 1.27 bits per heavy atom. The normalized spacial score (nSPS) is 17.0. The third kappa shape index (κ3) is 19.7. The largest absolute Gasteiger partial charge is 0.497 e. The number of H-pyrrole nitrogens is 1. The molecule has 1 aromatic heterocycles. The Morgan fingerprint density at radius 3 is 1.82 bits per heavy atom. The van der Waals surface area contributed by atoms with Crippen molar-refractivity contribution in [1.29, 1.82) is 5.26 Å². The number of amides is 1. The highest BCUT2D eigenvalue weighted by atomic mass is 31.2. The summed E-state index contributed by atoms with van der Waals surface area (Å²) in [7, 11) is 1.40. The molecule has 5 atom stereocenters. The van der Waals surface area contributed by atoms with Gasteiger partial charge in [-0.3, -0.25) is 19.1 Å². The van der Waals surface area contributed by atoms with Crippen LogP contribution < -0.4 is 26.0 Å². The van der Waals surface area contributed by atoms with Crippen molar-refractivity contribution in [2.75, 3.05) is 40.6 Å². The van der Waals surface area contributed by atoms with Crippen molar-refractivity contribution in [3.63, 3.8) is 0 Å². The minimum atomic E-state index is -1.85. The third-order valence-electron chi connectivity index (χ3n) is 14.1. The molecule has 16 heteroatoms. The fourth-order valence-electron chi connectivity index (χ4n) is 10.1. The van der Waals surface area contributed by atoms with Gasteiger partial charge in [0.1, 0.15) is 35.4 Å². The van der Waals surface area contributed by atoms with Crippen LogP contribution in [0.3, 0.4) is 0 Å². The zero-order valence-corrected chi connectivity index (χ0v) is 48.2. The number of hydrogen-bond donors (Lipinski definition) is 2. The Balaban J connectivity index is 1.33. The van der Waals surface area contributed by atoms with Crippen LogP contribution >= 0.6 is 8.53 Å². The summed E-state index contributed by atoms with van der Waals surface area (Å²) in [6.07, 6.45) is 18.3. The van der Waals surface area contributed by atoms with Crippen molar-refractivity contribution in [2.24, 2.45) is 0 Å². The third-order valence-corrected chi connectivity index (χ3v) is 16.3. The first kappa shape index (κ1) is 62.9. The van der Waals surface area contributed by atoms with E-state index in [-0.39, 0.29) is 37.6 Å². The Labute approximate surface area is 460 Å². The number of ether oxygens (including phenoxy) is 5. The van der Waals surface area contributed by atoms with Gasteiger partial charge in [0.05, 0.1) is 39.9 Å². The van der Waals surface area contributed by atoms with E-state index in [0.717, 1.165) is 48.8 Å². The Kier molecular flexibility index (Phi) is 28.5. The molecule has 5 rings (SSSR count). The van der Waals surface area contributed by atoms with E-state index in [1.807, 2.05) is 78.9 Å². The number of carbonyl (C=O) groups is 1. The average molecular weight is 1080 g/mol. The summed E-state index contributed by atoms with van der Waals surface area (Å²) in [5.41, 5.74) is 0.0341. The lowest BCUT2D eigenvalue weighted by molar-refractivity contribution is -0.121. The summed E-state index contributed by atoms with van der Waals surface area (Å²) in [5, 5.41) is 12.7. The van der Waals surface area contributed by atoms with E-state index in [1.165, 1.54) is 87.5 Å². The first-order valence-corrected chi connectivity index (χ1v) is 29.7. The molecule has 15 nitrogen and oxygen atoms in total. The molecule has 2 unspecified atom stereocenters. The number of rotatable bonds is 39. The SMILES string of the molecule is CCCCCCCCCCCCCCCC(=O)NCCCCCCO[C@H]1C(OP(OCCC#N)N(C(C)C)C(C)C)[C@@H](COC(c2ccccc2)(c2ccc(OC)cc2)c2ccc(OC)cc2)O[C@H]1n1ccc(=O)[nH]c1=O. The van der Waals surface area contributed by atoms with Gasteiger partial charge in [-0.1, -0.05) is 151 Å². The maximum absolute atomic E-state index is 13.7. The van der Waals surface area contributed by atoms with Gasteiger partial charge in [-0.05, 0) is 87.9 Å². The van der Waals surface area contributed by atoms with Crippen LogP contribution in [0.4, 0.5) is 0 Å². The second kappa shape index (κ2) is 34.9. The van der Waals surface area contributed by atoms with Gasteiger partial charge < -0.3 is 38.0 Å². The lowest BCUT2D eigenvalue weighted by Gasteiger charge is -2.39. The number of nitrogens with one attached hydrogen (secondary N) is 2. The molecule has 1 aliphatic heterocycles. The number of aromatic amines is 1. The summed E-state index contributed by atoms with van der Waals surface area (Å²) in [5.74, 6) is 1.47. The van der Waals surface area contributed by atoms with Crippen molar-refractivity contribution in [1.82, 2.24) is 19.5 Å². The second-order valence-electron chi connectivity index (χ2n) is 20.6. The van der Waals surface area contributed by atoms with Crippen molar-refractivity contribution in [2.45, 2.75) is 199 Å². The number of unbranched alkanes of at least 4 members (excludes halogenated alkanes) is 15. The predicted molar refractivity (Wildman–Crippen MR) is 305 cm³/mol. The van der Waals surface area contributed by atoms with Gasteiger partial charge in [-0.15, -0.1) is 0 Å². The minimum Gasteiger partial charge on any atom is -0.497 e. The maximum atomic E-state index is 13.7. The molecule has 0 radical (unpaired) electrons. The Morgan fingerprint density at radius 1 is 0.727 bits per heavy atom. The van der Waals surface area contributed by atoms with Crippen LogP contribution in [-0.2, 0) is 33.7 Å². The molecule has 1 fully saturated rings. The molecule has 0 spiro atoms. The second-order valence-corrected chi connectivity index (χ2v) is 22.0. The standard InChI is InChI=1S/C61H90N5O10P/c1-8-9-10-11-12-13-14-15-16-17-18-19-25-31-55(67)63-42-26-20-21-27-44-72-58-57(76-77(74-45-28-41-62)66(47(2)3)48(4)5)54(75-59(58)65-43-40-56(68)64-60(65)69)46-73-61(49-29-23-22-24-30-49,50-32-36-52(70-6)37-33-50)51-34-38-53(71-7)39-35-51/h22-24,29-30,32-40,43,47-48,54,57-59H,8-21,25-28,31,42,44-46H2,1-7H3,(H,63,67)(H,64,68,69)/t54-,57?,58+,59-,77?/m1/s1. The van der Waals surface area contributed by atoms with E-state index >= 15 is 0 Å². The van der Waals surface area contributed by atoms with E-state index in [4.69, 9.17) is 32.7 Å². The van der Waals surface area contributed by atoms with Crippen LogP contribution in [0, 0.1) is 11.3 Å². The minimum absolute atomic E-state index is 0.0166. The smallest absolute Gasteiger partial charge is 0.330 e. The molecule has 3 aromatic carbocycles. The molecule has 0 aliphatic carbocycles. The monoisotopic (exact) mass is 1080 g/mol. The molecule has 1 saturated heterocycles. The lowest BCUT2D eigenvalue weighted by atomic mass is 9.80. The van der Waals surface area contributed by atoms with Crippen LogP contribution in [0.5, 0.6) is 11.5 Å². The first-order valence-electron chi connectivity index (χ1n) is 28.6. The van der Waals surface area contributed by atoms with Crippen molar-refractivity contribution >= 4 is 14.4 Å². The number of hydrogen-bond acceptors (Lipinski definition) is 12. The molecule has 1 aliphatic rings. The van der Waals surface area contributed by atoms with Crippen LogP contribution in [0.25, 0.3) is 0 Å². The van der Waals surface area contributed by atoms with Crippen LogP contribution in [0.15, 0.2) is 101 Å². The predicted octanol–water partition coefficient (Wildman–Crippen LogP) is 12.7. The quantitative estimate of drug-likeness (QED) is 0.0246. The summed E-state index contributed by atoms with van der Waals surface area (Å²) < 4.78 is 49.6. The number of nitrogens with zero attached hydrogens (tertiary/aromatic N) is 3. The number of aromatic nitrogens is 2. The highest BCUT2D eigenvalue weighted by Gasteiger charge is 2.51. The van der Waals surface area contributed by atoms with Gasteiger partial charge >= 0.3 is 5.69 Å². The molecule has 1 amide bonds. The van der Waals surface area contributed by atoms with Gasteiger partial charge in [-0.2, -0.15) is 5.26 Å². The topological polar surface area (TPSA) is 176 Å². The fraction of sp³-hybridized carbons (Fsp3) is 0.607. The number of benzene rings is 3. The van der Waals surface area contributed by atoms with Gasteiger partial charge in [0.2, 0.25) is 5.91 Å². The molecular formula is C61H90N5O10P.